The maximum atomic E-state index is 14.2. The number of rotatable bonds is 5. The zero-order chi connectivity index (χ0) is 14.7. The van der Waals surface area contributed by atoms with E-state index in [2.05, 4.69) is 5.10 Å². The smallest absolute Gasteiger partial charge is 0.214 e. The van der Waals surface area contributed by atoms with Crippen LogP contribution in [0.2, 0.25) is 0 Å². The lowest BCUT2D eigenvalue weighted by atomic mass is 10.1. The summed E-state index contributed by atoms with van der Waals surface area (Å²) in [5.41, 5.74) is 1.22. The summed E-state index contributed by atoms with van der Waals surface area (Å²) in [4.78, 5) is 12.5. The van der Waals surface area contributed by atoms with Gasteiger partial charge in [0.2, 0.25) is 5.78 Å². The number of aromatic nitrogens is 2. The summed E-state index contributed by atoms with van der Waals surface area (Å²) in [5.74, 6) is -0.952. The first-order valence-electron chi connectivity index (χ1n) is 6.56. The molecule has 20 heavy (non-hydrogen) atoms. The summed E-state index contributed by atoms with van der Waals surface area (Å²) in [6, 6.07) is 6.26. The summed E-state index contributed by atoms with van der Waals surface area (Å²) in [6.45, 7) is 4.42. The van der Waals surface area contributed by atoms with Gasteiger partial charge in [-0.3, -0.25) is 9.48 Å². The molecule has 1 aromatic carbocycles. The van der Waals surface area contributed by atoms with Crippen molar-refractivity contribution in [2.45, 2.75) is 26.8 Å². The molecule has 0 bridgehead atoms. The Bertz CT molecular complexity index is 635. The molecule has 0 N–H and O–H groups in total. The van der Waals surface area contributed by atoms with Crippen molar-refractivity contribution < 1.29 is 13.9 Å². The van der Waals surface area contributed by atoms with Crippen molar-refractivity contribution in [2.75, 3.05) is 7.11 Å². The molecule has 106 valence electrons. The van der Waals surface area contributed by atoms with Crippen LogP contribution in [0.1, 0.15) is 35.6 Å². The molecule has 5 heteroatoms. The molecule has 0 spiro atoms. The number of halogens is 1. The third-order valence-corrected chi connectivity index (χ3v) is 3.15. The number of benzene rings is 1. The topological polar surface area (TPSA) is 44.1 Å². The molecule has 4 nitrogen and oxygen atoms in total. The van der Waals surface area contributed by atoms with Gasteiger partial charge in [0.25, 0.3) is 0 Å². The van der Waals surface area contributed by atoms with Crippen molar-refractivity contribution in [1.29, 1.82) is 0 Å². The second-order valence-electron chi connectivity index (χ2n) is 4.34. The lowest BCUT2D eigenvalue weighted by molar-refractivity contribution is 0.102. The molecule has 0 aliphatic rings. The fraction of sp³-hybridized carbons (Fsp3) is 0.333. The first-order valence-corrected chi connectivity index (χ1v) is 6.56. The van der Waals surface area contributed by atoms with Gasteiger partial charge in [0.05, 0.1) is 18.4 Å². The van der Waals surface area contributed by atoms with Crippen molar-refractivity contribution in [3.05, 3.63) is 47.0 Å². The number of hydrogen-bond acceptors (Lipinski definition) is 3. The summed E-state index contributed by atoms with van der Waals surface area (Å²) < 4.78 is 20.7. The maximum Gasteiger partial charge on any atom is 0.214 e. The summed E-state index contributed by atoms with van der Waals surface area (Å²) in [6.07, 6.45) is 0.730. The van der Waals surface area contributed by atoms with Crippen molar-refractivity contribution in [3.63, 3.8) is 0 Å². The first-order chi connectivity index (χ1) is 9.62. The Morgan fingerprint density at radius 3 is 2.75 bits per heavy atom. The fourth-order valence-electron chi connectivity index (χ4n) is 2.05. The number of hydrogen-bond donors (Lipinski definition) is 0. The number of aryl methyl sites for hydroxylation is 2. The SMILES string of the molecule is CCc1cc(C(=O)c2cccc(OC)c2F)n(CC)n1. The highest BCUT2D eigenvalue weighted by atomic mass is 19.1. The van der Waals surface area contributed by atoms with E-state index in [1.165, 1.54) is 19.2 Å². The highest BCUT2D eigenvalue weighted by Gasteiger charge is 2.21. The largest absolute Gasteiger partial charge is 0.494 e. The molecule has 0 fully saturated rings. The Morgan fingerprint density at radius 2 is 2.15 bits per heavy atom. The quantitative estimate of drug-likeness (QED) is 0.789. The summed E-state index contributed by atoms with van der Waals surface area (Å²) >= 11 is 0. The van der Waals surface area contributed by atoms with E-state index in [-0.39, 0.29) is 17.1 Å². The summed E-state index contributed by atoms with van der Waals surface area (Å²) in [7, 11) is 1.37. The average molecular weight is 276 g/mol. The van der Waals surface area contributed by atoms with Crippen LogP contribution in [-0.2, 0) is 13.0 Å². The van der Waals surface area contributed by atoms with Crippen LogP contribution in [0.5, 0.6) is 5.75 Å². The first kappa shape index (κ1) is 14.2. The van der Waals surface area contributed by atoms with E-state index in [1.807, 2.05) is 13.8 Å². The van der Waals surface area contributed by atoms with Gasteiger partial charge in [-0.25, -0.2) is 4.39 Å². The van der Waals surface area contributed by atoms with Gasteiger partial charge in [-0.2, -0.15) is 5.10 Å². The number of carbonyl (C=O) groups excluding carboxylic acids is 1. The average Bonchev–Trinajstić information content (AvgIpc) is 2.90. The van der Waals surface area contributed by atoms with E-state index < -0.39 is 5.82 Å². The van der Waals surface area contributed by atoms with E-state index in [1.54, 1.807) is 16.8 Å². The zero-order valence-corrected chi connectivity index (χ0v) is 11.8. The Morgan fingerprint density at radius 1 is 1.40 bits per heavy atom. The van der Waals surface area contributed by atoms with Crippen molar-refractivity contribution in [2.24, 2.45) is 0 Å². The number of ether oxygens (including phenoxy) is 1. The fourth-order valence-corrected chi connectivity index (χ4v) is 2.05. The van der Waals surface area contributed by atoms with Gasteiger partial charge in [0, 0.05) is 6.54 Å². The van der Waals surface area contributed by atoms with Gasteiger partial charge in [-0.1, -0.05) is 13.0 Å². The molecule has 0 aliphatic carbocycles. The van der Waals surface area contributed by atoms with Crippen LogP contribution < -0.4 is 4.74 Å². The second kappa shape index (κ2) is 5.86. The monoisotopic (exact) mass is 276 g/mol. The van der Waals surface area contributed by atoms with Crippen LogP contribution in [0.15, 0.2) is 24.3 Å². The molecule has 1 heterocycles. The minimum Gasteiger partial charge on any atom is -0.494 e. The van der Waals surface area contributed by atoms with E-state index in [4.69, 9.17) is 4.74 Å². The van der Waals surface area contributed by atoms with Gasteiger partial charge in [-0.05, 0) is 31.5 Å². The molecule has 0 saturated carbocycles. The van der Waals surface area contributed by atoms with Crippen LogP contribution in [0.25, 0.3) is 0 Å². The molecule has 0 amide bonds. The maximum absolute atomic E-state index is 14.2. The van der Waals surface area contributed by atoms with Crippen LogP contribution in [-0.4, -0.2) is 22.7 Å². The van der Waals surface area contributed by atoms with Gasteiger partial charge in [0.15, 0.2) is 11.6 Å². The van der Waals surface area contributed by atoms with Gasteiger partial charge >= 0.3 is 0 Å². The molecule has 0 radical (unpaired) electrons. The number of carbonyl (C=O) groups is 1. The van der Waals surface area contributed by atoms with Crippen LogP contribution >= 0.6 is 0 Å². The minimum atomic E-state index is -0.637. The predicted molar refractivity (Wildman–Crippen MR) is 73.7 cm³/mol. The molecular weight excluding hydrogens is 259 g/mol. The van der Waals surface area contributed by atoms with E-state index >= 15 is 0 Å². The Hall–Kier alpha value is -2.17. The highest BCUT2D eigenvalue weighted by molar-refractivity contribution is 6.08. The lowest BCUT2D eigenvalue weighted by Gasteiger charge is -2.07. The van der Waals surface area contributed by atoms with E-state index in [0.29, 0.717) is 12.2 Å². The standard InChI is InChI=1S/C15H17FN2O2/c1-4-10-9-12(18(5-2)17-10)15(19)11-7-6-8-13(20-3)14(11)16/h6-9H,4-5H2,1-3H3. The molecular formula is C15H17FN2O2. The van der Waals surface area contributed by atoms with E-state index in [9.17, 15) is 9.18 Å². The van der Waals surface area contributed by atoms with Gasteiger partial charge in [-0.15, -0.1) is 0 Å². The Kier molecular flexibility index (Phi) is 4.17. The second-order valence-corrected chi connectivity index (χ2v) is 4.34. The molecule has 2 rings (SSSR count). The van der Waals surface area contributed by atoms with Gasteiger partial charge in [0.1, 0.15) is 5.69 Å². The van der Waals surface area contributed by atoms with Crippen molar-refractivity contribution >= 4 is 5.78 Å². The highest BCUT2D eigenvalue weighted by Crippen LogP contribution is 2.22. The number of methoxy groups -OCH3 is 1. The zero-order valence-electron chi connectivity index (χ0n) is 11.8. The lowest BCUT2D eigenvalue weighted by Crippen LogP contribution is -2.12. The summed E-state index contributed by atoms with van der Waals surface area (Å²) in [5, 5.41) is 4.31. The molecule has 0 atom stereocenters. The molecule has 2 aromatic rings. The molecule has 0 aliphatic heterocycles. The third kappa shape index (κ3) is 2.43. The van der Waals surface area contributed by atoms with Crippen LogP contribution in [0.4, 0.5) is 4.39 Å². The van der Waals surface area contributed by atoms with E-state index in [0.717, 1.165) is 12.1 Å². The predicted octanol–water partition coefficient (Wildman–Crippen LogP) is 2.84. The number of ketones is 1. The van der Waals surface area contributed by atoms with Crippen molar-refractivity contribution in [1.82, 2.24) is 9.78 Å². The number of nitrogens with zero attached hydrogens (tertiary/aromatic N) is 2. The molecule has 1 aromatic heterocycles. The van der Waals surface area contributed by atoms with Gasteiger partial charge < -0.3 is 4.74 Å². The molecule has 0 saturated heterocycles. The normalized spacial score (nSPS) is 10.6. The third-order valence-electron chi connectivity index (χ3n) is 3.15. The Labute approximate surface area is 117 Å². The Balaban J connectivity index is 2.48. The van der Waals surface area contributed by atoms with Crippen molar-refractivity contribution in [3.8, 4) is 5.75 Å². The van der Waals surface area contributed by atoms with Crippen LogP contribution in [0.3, 0.4) is 0 Å². The van der Waals surface area contributed by atoms with Crippen LogP contribution in [0, 0.1) is 5.82 Å². The minimum absolute atomic E-state index is 0.00148. The molecule has 0 unspecified atom stereocenters.